The van der Waals surface area contributed by atoms with Crippen LogP contribution in [0.2, 0.25) is 0 Å². The van der Waals surface area contributed by atoms with E-state index < -0.39 is 10.0 Å². The summed E-state index contributed by atoms with van der Waals surface area (Å²) in [6, 6.07) is 1.74. The normalized spacial score (nSPS) is 12.6. The van der Waals surface area contributed by atoms with Crippen LogP contribution in [0, 0.1) is 0 Å². The van der Waals surface area contributed by atoms with Crippen molar-refractivity contribution in [2.45, 2.75) is 51.6 Å². The van der Waals surface area contributed by atoms with E-state index in [0.717, 1.165) is 18.7 Å². The Bertz CT molecular complexity index is 521. The van der Waals surface area contributed by atoms with Crippen molar-refractivity contribution in [1.29, 1.82) is 0 Å². The van der Waals surface area contributed by atoms with Gasteiger partial charge >= 0.3 is 0 Å². The van der Waals surface area contributed by atoms with Crippen LogP contribution in [0.25, 0.3) is 0 Å². The summed E-state index contributed by atoms with van der Waals surface area (Å²) in [6.07, 6.45) is 2.52. The third-order valence-electron chi connectivity index (χ3n) is 3.27. The van der Waals surface area contributed by atoms with Gasteiger partial charge in [-0.3, -0.25) is 0 Å². The number of aryl methyl sites for hydroxylation is 1. The van der Waals surface area contributed by atoms with Crippen LogP contribution in [0.3, 0.4) is 0 Å². The van der Waals surface area contributed by atoms with Gasteiger partial charge in [-0.25, -0.2) is 8.42 Å². The molecule has 0 unspecified atom stereocenters. The lowest BCUT2D eigenvalue weighted by Gasteiger charge is -2.24. The third-order valence-corrected chi connectivity index (χ3v) is 5.31. The maximum Gasteiger partial charge on any atom is 0.244 e. The maximum absolute atomic E-state index is 12.7. The molecule has 6 heteroatoms. The van der Waals surface area contributed by atoms with E-state index in [2.05, 4.69) is 5.32 Å². The topological polar surface area (TPSA) is 54.3 Å². The van der Waals surface area contributed by atoms with E-state index in [0.29, 0.717) is 18.0 Å². The van der Waals surface area contributed by atoms with Crippen molar-refractivity contribution in [3.63, 3.8) is 0 Å². The predicted molar refractivity (Wildman–Crippen MR) is 82.1 cm³/mol. The van der Waals surface area contributed by atoms with Crippen LogP contribution in [0.1, 0.15) is 39.8 Å². The van der Waals surface area contributed by atoms with Gasteiger partial charge in [0.25, 0.3) is 0 Å². The van der Waals surface area contributed by atoms with Crippen molar-refractivity contribution in [2.24, 2.45) is 7.05 Å². The number of nitrogens with zero attached hydrogens (tertiary/aromatic N) is 2. The van der Waals surface area contributed by atoms with Crippen LogP contribution in [-0.4, -0.2) is 36.4 Å². The van der Waals surface area contributed by atoms with Gasteiger partial charge in [0.1, 0.15) is 4.90 Å². The molecule has 0 spiro atoms. The number of hydrogen-bond donors (Lipinski definition) is 1. The highest BCUT2D eigenvalue weighted by atomic mass is 32.2. The van der Waals surface area contributed by atoms with Gasteiger partial charge in [-0.15, -0.1) is 0 Å². The minimum absolute atomic E-state index is 0.0302. The van der Waals surface area contributed by atoms with Crippen molar-refractivity contribution >= 4 is 10.0 Å². The summed E-state index contributed by atoms with van der Waals surface area (Å²) in [7, 11) is -1.52. The molecule has 0 aliphatic rings. The monoisotopic (exact) mass is 301 g/mol. The summed E-state index contributed by atoms with van der Waals surface area (Å²) in [4.78, 5) is 0.384. The zero-order valence-electron chi connectivity index (χ0n) is 13.2. The molecule has 0 atom stereocenters. The zero-order valence-corrected chi connectivity index (χ0v) is 14.0. The molecular formula is C14H27N3O2S. The van der Waals surface area contributed by atoms with E-state index in [1.165, 1.54) is 0 Å². The molecule has 0 aliphatic heterocycles. The number of sulfonamides is 1. The first-order valence-corrected chi connectivity index (χ1v) is 8.66. The molecule has 1 aromatic heterocycles. The molecule has 1 heterocycles. The molecule has 0 aromatic carbocycles. The lowest BCUT2D eigenvalue weighted by Crippen LogP contribution is -2.37. The largest absolute Gasteiger partial charge is 0.352 e. The van der Waals surface area contributed by atoms with Crippen molar-refractivity contribution in [3.05, 3.63) is 18.0 Å². The molecule has 0 radical (unpaired) electrons. The standard InChI is InChI=1S/C14H27N3O2S/c1-6-8-17(12(3)4)20(18,19)14-9-13(10-15-7-2)16(5)11-14/h9,11-12,15H,6-8,10H2,1-5H3. The molecule has 116 valence electrons. The zero-order chi connectivity index (χ0) is 15.3. The van der Waals surface area contributed by atoms with Crippen molar-refractivity contribution in [3.8, 4) is 0 Å². The van der Waals surface area contributed by atoms with Gasteiger partial charge in [0.15, 0.2) is 0 Å². The van der Waals surface area contributed by atoms with Gasteiger partial charge in [0, 0.05) is 38.1 Å². The van der Waals surface area contributed by atoms with Crippen LogP contribution in [0.15, 0.2) is 17.2 Å². The average molecular weight is 301 g/mol. The Morgan fingerprint density at radius 3 is 2.50 bits per heavy atom. The average Bonchev–Trinajstić information content (AvgIpc) is 2.75. The fourth-order valence-corrected chi connectivity index (χ4v) is 3.98. The van der Waals surface area contributed by atoms with Crippen LogP contribution >= 0.6 is 0 Å². The molecule has 1 aromatic rings. The van der Waals surface area contributed by atoms with E-state index in [4.69, 9.17) is 0 Å². The first kappa shape index (κ1) is 17.2. The third kappa shape index (κ3) is 3.84. The van der Waals surface area contributed by atoms with Crippen LogP contribution in [-0.2, 0) is 23.6 Å². The maximum atomic E-state index is 12.7. The first-order chi connectivity index (χ1) is 9.34. The number of rotatable bonds is 8. The second-order valence-electron chi connectivity index (χ2n) is 5.27. The van der Waals surface area contributed by atoms with Crippen molar-refractivity contribution in [1.82, 2.24) is 14.2 Å². The Morgan fingerprint density at radius 1 is 1.35 bits per heavy atom. The van der Waals surface area contributed by atoms with Crippen molar-refractivity contribution in [2.75, 3.05) is 13.1 Å². The molecule has 5 nitrogen and oxygen atoms in total. The summed E-state index contributed by atoms with van der Waals surface area (Å²) in [6.45, 7) is 9.94. The first-order valence-electron chi connectivity index (χ1n) is 7.22. The summed E-state index contributed by atoms with van der Waals surface area (Å²) in [5.74, 6) is 0. The summed E-state index contributed by atoms with van der Waals surface area (Å²) in [5, 5.41) is 3.22. The van der Waals surface area contributed by atoms with E-state index in [1.807, 2.05) is 39.3 Å². The van der Waals surface area contributed by atoms with E-state index >= 15 is 0 Å². The molecule has 0 saturated carbocycles. The molecule has 1 N–H and O–H groups in total. The number of aromatic nitrogens is 1. The number of nitrogens with one attached hydrogen (secondary N) is 1. The van der Waals surface area contributed by atoms with Crippen LogP contribution in [0.4, 0.5) is 0 Å². The second kappa shape index (κ2) is 7.24. The highest BCUT2D eigenvalue weighted by Gasteiger charge is 2.27. The summed E-state index contributed by atoms with van der Waals surface area (Å²) < 4.78 is 28.8. The second-order valence-corrected chi connectivity index (χ2v) is 7.16. The quantitative estimate of drug-likeness (QED) is 0.798. The van der Waals surface area contributed by atoms with Gasteiger partial charge in [-0.2, -0.15) is 4.31 Å². The molecule has 0 amide bonds. The summed E-state index contributed by atoms with van der Waals surface area (Å²) >= 11 is 0. The lowest BCUT2D eigenvalue weighted by molar-refractivity contribution is 0.354. The molecule has 0 bridgehead atoms. The minimum atomic E-state index is -3.40. The summed E-state index contributed by atoms with van der Waals surface area (Å²) in [5.41, 5.74) is 0.977. The Labute approximate surface area is 123 Å². The van der Waals surface area contributed by atoms with E-state index in [1.54, 1.807) is 16.6 Å². The molecular weight excluding hydrogens is 274 g/mol. The van der Waals surface area contributed by atoms with Gasteiger partial charge in [0.2, 0.25) is 10.0 Å². The van der Waals surface area contributed by atoms with Gasteiger partial charge < -0.3 is 9.88 Å². The lowest BCUT2D eigenvalue weighted by atomic mass is 10.4. The van der Waals surface area contributed by atoms with Crippen molar-refractivity contribution < 1.29 is 8.42 Å². The minimum Gasteiger partial charge on any atom is -0.352 e. The Hall–Kier alpha value is -0.850. The SMILES string of the molecule is CCCN(C(C)C)S(=O)(=O)c1cc(CNCC)n(C)c1. The highest BCUT2D eigenvalue weighted by Crippen LogP contribution is 2.20. The van der Waals surface area contributed by atoms with Gasteiger partial charge in [0.05, 0.1) is 0 Å². The molecule has 20 heavy (non-hydrogen) atoms. The number of hydrogen-bond acceptors (Lipinski definition) is 3. The highest BCUT2D eigenvalue weighted by molar-refractivity contribution is 7.89. The van der Waals surface area contributed by atoms with Gasteiger partial charge in [-0.1, -0.05) is 13.8 Å². The predicted octanol–water partition coefficient (Wildman–Crippen LogP) is 1.94. The smallest absolute Gasteiger partial charge is 0.244 e. The Balaban J connectivity index is 3.08. The fraction of sp³-hybridized carbons (Fsp3) is 0.714. The molecule has 0 aliphatic carbocycles. The molecule has 0 fully saturated rings. The van der Waals surface area contributed by atoms with E-state index in [9.17, 15) is 8.42 Å². The van der Waals surface area contributed by atoms with Gasteiger partial charge in [-0.05, 0) is 32.9 Å². The van der Waals surface area contributed by atoms with E-state index in [-0.39, 0.29) is 6.04 Å². The molecule has 0 saturated heterocycles. The van der Waals surface area contributed by atoms with Crippen LogP contribution < -0.4 is 5.32 Å². The fourth-order valence-electron chi connectivity index (χ4n) is 2.16. The van der Waals surface area contributed by atoms with Crippen LogP contribution in [0.5, 0.6) is 0 Å². The molecule has 1 rings (SSSR count). The Kier molecular flexibility index (Phi) is 6.23. The Morgan fingerprint density at radius 2 is 2.00 bits per heavy atom.